The number of hydrogen-bond acceptors (Lipinski definition) is 6. The molecule has 0 spiro atoms. The number of alkyl carbamates (subject to hydrolysis) is 1. The fourth-order valence-electron chi connectivity index (χ4n) is 1.54. The van der Waals surface area contributed by atoms with Crippen LogP contribution in [0.5, 0.6) is 0 Å². The number of carbonyl (C=O) groups is 1. The van der Waals surface area contributed by atoms with Crippen molar-refractivity contribution in [2.24, 2.45) is 4.99 Å². The highest BCUT2D eigenvalue weighted by Gasteiger charge is 2.15. The van der Waals surface area contributed by atoms with Gasteiger partial charge >= 0.3 is 6.09 Å². The highest BCUT2D eigenvalue weighted by atomic mass is 32.2. The Bertz CT molecular complexity index is 515. The summed E-state index contributed by atoms with van der Waals surface area (Å²) in [5, 5.41) is 8.79. The second-order valence-corrected chi connectivity index (χ2v) is 8.62. The first kappa shape index (κ1) is 23.4. The van der Waals surface area contributed by atoms with Crippen LogP contribution in [0.2, 0.25) is 0 Å². The molecule has 9 nitrogen and oxygen atoms in total. The first-order valence-corrected chi connectivity index (χ1v) is 10.3. The summed E-state index contributed by atoms with van der Waals surface area (Å²) in [6.07, 6.45) is 0.711. The van der Waals surface area contributed by atoms with E-state index in [0.29, 0.717) is 38.7 Å². The van der Waals surface area contributed by atoms with Gasteiger partial charge in [-0.15, -0.1) is 0 Å². The monoisotopic (exact) mass is 380 g/mol. The number of nitrogens with one attached hydrogen (secondary N) is 3. The van der Waals surface area contributed by atoms with Crippen LogP contribution in [0.3, 0.4) is 0 Å². The van der Waals surface area contributed by atoms with E-state index >= 15 is 0 Å². The molecule has 0 unspecified atom stereocenters. The lowest BCUT2D eigenvalue weighted by molar-refractivity contribution is 0.0529. The number of hydrogen-bond donors (Lipinski definition) is 3. The molecule has 1 amide bonds. The maximum Gasteiger partial charge on any atom is 0.407 e. The van der Waals surface area contributed by atoms with Gasteiger partial charge in [-0.2, -0.15) is 0 Å². The quantitative estimate of drug-likeness (QED) is 0.280. The van der Waals surface area contributed by atoms with Crippen LogP contribution in [0.25, 0.3) is 0 Å². The number of carbonyl (C=O) groups excluding carboxylic acids is 1. The van der Waals surface area contributed by atoms with E-state index in [1.54, 1.807) is 20.8 Å². The first-order chi connectivity index (χ1) is 11.5. The van der Waals surface area contributed by atoms with Gasteiger partial charge in [0.2, 0.25) is 0 Å². The Balaban J connectivity index is 3.98. The fourth-order valence-corrected chi connectivity index (χ4v) is 1.96. The third-order valence-electron chi connectivity index (χ3n) is 2.53. The van der Waals surface area contributed by atoms with Gasteiger partial charge in [-0.3, -0.25) is 4.99 Å². The molecule has 0 aliphatic heterocycles. The van der Waals surface area contributed by atoms with Gasteiger partial charge in [-0.25, -0.2) is 13.2 Å². The molecule has 0 radical (unpaired) electrons. The van der Waals surface area contributed by atoms with Crippen LogP contribution >= 0.6 is 0 Å². The summed E-state index contributed by atoms with van der Waals surface area (Å²) in [5.41, 5.74) is -0.523. The van der Waals surface area contributed by atoms with Crippen molar-refractivity contribution in [1.82, 2.24) is 16.0 Å². The Morgan fingerprint density at radius 2 is 1.72 bits per heavy atom. The van der Waals surface area contributed by atoms with Crippen molar-refractivity contribution in [1.29, 1.82) is 0 Å². The zero-order valence-electron chi connectivity index (χ0n) is 15.8. The number of guanidine groups is 1. The average Bonchev–Trinajstić information content (AvgIpc) is 2.44. The highest BCUT2D eigenvalue weighted by molar-refractivity contribution is 7.90. The molecule has 0 aromatic rings. The molecule has 0 saturated heterocycles. The molecule has 0 heterocycles. The normalized spacial score (nSPS) is 12.6. The molecule has 0 fully saturated rings. The van der Waals surface area contributed by atoms with Gasteiger partial charge in [0, 0.05) is 25.9 Å². The lowest BCUT2D eigenvalue weighted by Crippen LogP contribution is -2.42. The van der Waals surface area contributed by atoms with Gasteiger partial charge in [0.15, 0.2) is 5.96 Å². The molecule has 0 aliphatic carbocycles. The number of nitrogens with zero attached hydrogens (tertiary/aromatic N) is 1. The predicted octanol–water partition coefficient (Wildman–Crippen LogP) is 0.127. The van der Waals surface area contributed by atoms with Crippen molar-refractivity contribution in [3.63, 3.8) is 0 Å². The van der Waals surface area contributed by atoms with E-state index in [4.69, 9.17) is 9.47 Å². The second-order valence-electron chi connectivity index (χ2n) is 6.36. The molecule has 10 heteroatoms. The van der Waals surface area contributed by atoms with Gasteiger partial charge in [0.1, 0.15) is 15.4 Å². The summed E-state index contributed by atoms with van der Waals surface area (Å²) in [6, 6.07) is 0. The van der Waals surface area contributed by atoms with Crippen LogP contribution < -0.4 is 16.0 Å². The maximum absolute atomic E-state index is 11.5. The van der Waals surface area contributed by atoms with Crippen molar-refractivity contribution in [3.05, 3.63) is 0 Å². The minimum Gasteiger partial charge on any atom is -0.444 e. The maximum atomic E-state index is 11.5. The van der Waals surface area contributed by atoms with Crippen LogP contribution in [-0.4, -0.2) is 77.5 Å². The van der Waals surface area contributed by atoms with E-state index in [9.17, 15) is 13.2 Å². The highest BCUT2D eigenvalue weighted by Crippen LogP contribution is 2.05. The van der Waals surface area contributed by atoms with E-state index in [-0.39, 0.29) is 12.4 Å². The van der Waals surface area contributed by atoms with Gasteiger partial charge in [-0.05, 0) is 27.7 Å². The summed E-state index contributed by atoms with van der Waals surface area (Å²) >= 11 is 0. The van der Waals surface area contributed by atoms with Gasteiger partial charge < -0.3 is 25.4 Å². The van der Waals surface area contributed by atoms with Crippen molar-refractivity contribution in [2.75, 3.05) is 51.4 Å². The van der Waals surface area contributed by atoms with Gasteiger partial charge in [0.05, 0.1) is 25.5 Å². The smallest absolute Gasteiger partial charge is 0.407 e. The van der Waals surface area contributed by atoms with Crippen LogP contribution in [0, 0.1) is 0 Å². The topological polar surface area (TPSA) is 118 Å². The summed E-state index contributed by atoms with van der Waals surface area (Å²) in [6.45, 7) is 9.83. The molecule has 148 valence electrons. The van der Waals surface area contributed by atoms with E-state index < -0.39 is 21.5 Å². The van der Waals surface area contributed by atoms with E-state index in [0.717, 1.165) is 0 Å². The number of ether oxygens (including phenoxy) is 2. The third kappa shape index (κ3) is 17.1. The summed E-state index contributed by atoms with van der Waals surface area (Å²) in [4.78, 5) is 15.8. The molecule has 0 atom stereocenters. The number of rotatable bonds is 10. The zero-order chi connectivity index (χ0) is 19.3. The average molecular weight is 381 g/mol. The Morgan fingerprint density at radius 3 is 2.28 bits per heavy atom. The van der Waals surface area contributed by atoms with Crippen LogP contribution in [0.4, 0.5) is 4.79 Å². The van der Waals surface area contributed by atoms with Gasteiger partial charge in [0.25, 0.3) is 0 Å². The SMILES string of the molecule is CCNC(=NCCOCCS(C)(=O)=O)NCCNC(=O)OC(C)(C)C. The molecule has 25 heavy (non-hydrogen) atoms. The molecule has 0 aliphatic rings. The molecular formula is C15H32N4O5S. The summed E-state index contributed by atoms with van der Waals surface area (Å²) in [7, 11) is -3.00. The Kier molecular flexibility index (Phi) is 11.2. The first-order valence-electron chi connectivity index (χ1n) is 8.28. The lowest BCUT2D eigenvalue weighted by atomic mass is 10.2. The second kappa shape index (κ2) is 11.9. The fraction of sp³-hybridized carbons (Fsp3) is 0.867. The Hall–Kier alpha value is -1.55. The Morgan fingerprint density at radius 1 is 1.08 bits per heavy atom. The van der Waals surface area contributed by atoms with E-state index in [2.05, 4.69) is 20.9 Å². The van der Waals surface area contributed by atoms with Crippen LogP contribution in [0.15, 0.2) is 4.99 Å². The molecule has 0 saturated carbocycles. The minimum absolute atomic E-state index is 0.00532. The van der Waals surface area contributed by atoms with Crippen molar-refractivity contribution in [3.8, 4) is 0 Å². The summed E-state index contributed by atoms with van der Waals surface area (Å²) in [5.74, 6) is 0.603. The standard InChI is InChI=1S/C15H32N4O5S/c1-6-16-13(18-9-10-23-11-12-25(5,21)22)17-7-8-19-14(20)24-15(2,3)4/h6-12H2,1-5H3,(H,19,20)(H2,16,17,18). The molecule has 0 aromatic carbocycles. The van der Waals surface area contributed by atoms with Crippen LogP contribution in [-0.2, 0) is 19.3 Å². The molecule has 3 N–H and O–H groups in total. The lowest BCUT2D eigenvalue weighted by Gasteiger charge is -2.19. The van der Waals surface area contributed by atoms with E-state index in [1.165, 1.54) is 6.26 Å². The molecular weight excluding hydrogens is 348 g/mol. The molecule has 0 aromatic heterocycles. The Labute approximate surface area is 150 Å². The molecule has 0 bridgehead atoms. The predicted molar refractivity (Wildman–Crippen MR) is 98.7 cm³/mol. The zero-order valence-corrected chi connectivity index (χ0v) is 16.7. The molecule has 0 rings (SSSR count). The minimum atomic E-state index is -3.00. The number of sulfone groups is 1. The third-order valence-corrected chi connectivity index (χ3v) is 3.44. The van der Waals surface area contributed by atoms with Crippen molar-refractivity contribution >= 4 is 21.9 Å². The number of aliphatic imine (C=N–C) groups is 1. The number of amides is 1. The van der Waals surface area contributed by atoms with Crippen molar-refractivity contribution < 1.29 is 22.7 Å². The van der Waals surface area contributed by atoms with Gasteiger partial charge in [-0.1, -0.05) is 0 Å². The van der Waals surface area contributed by atoms with E-state index in [1.807, 2.05) is 6.92 Å². The largest absolute Gasteiger partial charge is 0.444 e. The summed E-state index contributed by atoms with van der Waals surface area (Å²) < 4.78 is 32.3. The van der Waals surface area contributed by atoms with Crippen LogP contribution in [0.1, 0.15) is 27.7 Å². The van der Waals surface area contributed by atoms with Crippen molar-refractivity contribution in [2.45, 2.75) is 33.3 Å².